The van der Waals surface area contributed by atoms with E-state index in [1.165, 1.54) is 6.33 Å². The van der Waals surface area contributed by atoms with Crippen LogP contribution in [0.2, 0.25) is 0 Å². The molecule has 1 amide bonds. The maximum atomic E-state index is 12.2. The highest BCUT2D eigenvalue weighted by Crippen LogP contribution is 2.22. The van der Waals surface area contributed by atoms with Gasteiger partial charge in [-0.25, -0.2) is 15.0 Å². The third-order valence-electron chi connectivity index (χ3n) is 5.08. The van der Waals surface area contributed by atoms with Crippen LogP contribution in [0.1, 0.15) is 29.8 Å². The van der Waals surface area contributed by atoms with Crippen LogP contribution in [0.25, 0.3) is 22.2 Å². The summed E-state index contributed by atoms with van der Waals surface area (Å²) in [7, 11) is 1.63. The molecule has 0 saturated heterocycles. The molecule has 0 bridgehead atoms. The molecular weight excluding hydrogens is 416 g/mol. The molecule has 3 heterocycles. The molecule has 0 aliphatic rings. The molecule has 33 heavy (non-hydrogen) atoms. The van der Waals surface area contributed by atoms with Gasteiger partial charge in [-0.15, -0.1) is 0 Å². The van der Waals surface area contributed by atoms with Crippen molar-refractivity contribution >= 4 is 22.6 Å². The lowest BCUT2D eigenvalue weighted by Gasteiger charge is -2.11. The number of amides is 1. The Balaban J connectivity index is 1.45. The lowest BCUT2D eigenvalue weighted by Crippen LogP contribution is -2.18. The molecule has 168 valence electrons. The van der Waals surface area contributed by atoms with Crippen molar-refractivity contribution in [1.82, 2.24) is 25.3 Å². The van der Waals surface area contributed by atoms with Crippen LogP contribution in [0.4, 0.5) is 5.82 Å². The van der Waals surface area contributed by atoms with Crippen LogP contribution >= 0.6 is 0 Å². The van der Waals surface area contributed by atoms with E-state index in [1.807, 2.05) is 50.2 Å². The molecule has 4 aromatic rings. The molecule has 0 unspecified atom stereocenters. The number of aromatic nitrogens is 4. The van der Waals surface area contributed by atoms with Crippen LogP contribution in [0.5, 0.6) is 5.88 Å². The van der Waals surface area contributed by atoms with Gasteiger partial charge < -0.3 is 15.4 Å². The van der Waals surface area contributed by atoms with Crippen molar-refractivity contribution in [3.05, 3.63) is 72.3 Å². The van der Waals surface area contributed by atoms with E-state index in [4.69, 9.17) is 4.74 Å². The Kier molecular flexibility index (Phi) is 6.73. The lowest BCUT2D eigenvalue weighted by atomic mass is 10.0. The van der Waals surface area contributed by atoms with E-state index in [1.54, 1.807) is 25.5 Å². The van der Waals surface area contributed by atoms with E-state index >= 15 is 0 Å². The maximum Gasteiger partial charge on any atom is 0.251 e. The second-order valence-corrected chi connectivity index (χ2v) is 7.77. The Bertz CT molecular complexity index is 1260. The average Bonchev–Trinajstić information content (AvgIpc) is 2.83. The monoisotopic (exact) mass is 442 g/mol. The number of pyridine rings is 2. The highest BCUT2D eigenvalue weighted by Gasteiger charge is 2.11. The molecule has 0 spiro atoms. The summed E-state index contributed by atoms with van der Waals surface area (Å²) in [6, 6.07) is 13.3. The van der Waals surface area contributed by atoms with Gasteiger partial charge in [0.1, 0.15) is 12.1 Å². The first-order valence-electron chi connectivity index (χ1n) is 10.8. The zero-order chi connectivity index (χ0) is 23.2. The summed E-state index contributed by atoms with van der Waals surface area (Å²) in [6.45, 7) is 4.58. The predicted molar refractivity (Wildman–Crippen MR) is 128 cm³/mol. The second-order valence-electron chi connectivity index (χ2n) is 7.77. The Labute approximate surface area is 192 Å². The number of anilines is 1. The van der Waals surface area contributed by atoms with Crippen LogP contribution in [-0.2, 0) is 6.42 Å². The number of hydrogen-bond donors (Lipinski definition) is 2. The zero-order valence-corrected chi connectivity index (χ0v) is 18.9. The summed E-state index contributed by atoms with van der Waals surface area (Å²) < 4.78 is 5.60. The molecule has 8 heteroatoms. The number of nitrogens with zero attached hydrogens (tertiary/aromatic N) is 4. The maximum absolute atomic E-state index is 12.2. The van der Waals surface area contributed by atoms with Crippen molar-refractivity contribution in [3.63, 3.8) is 0 Å². The first-order chi connectivity index (χ1) is 16.0. The fourth-order valence-electron chi connectivity index (χ4n) is 3.55. The number of carbonyl (C=O) groups is 1. The normalized spacial score (nSPS) is 10.9. The molecule has 0 aliphatic carbocycles. The minimum Gasteiger partial charge on any atom is -0.475 e. The zero-order valence-electron chi connectivity index (χ0n) is 18.9. The summed E-state index contributed by atoms with van der Waals surface area (Å²) in [6.07, 6.45) is 5.75. The first kappa shape index (κ1) is 22.1. The topological polar surface area (TPSA) is 102 Å². The van der Waals surface area contributed by atoms with Gasteiger partial charge in [0.05, 0.1) is 22.9 Å². The number of para-hydroxylation sites is 1. The van der Waals surface area contributed by atoms with Crippen LogP contribution in [0.15, 0.2) is 61.2 Å². The fourth-order valence-corrected chi connectivity index (χ4v) is 3.55. The standard InChI is InChI=1S/C25H26N6O2/c1-16(2)33-23-8-7-18(14-29-23)21-13-22(31-15-30-21)27-11-9-17-5-4-6-19-20(25(32)26-3)10-12-28-24(17)19/h4-8,10,12-16H,9,11H2,1-3H3,(H,26,32)(H,27,30,31). The predicted octanol–water partition coefficient (Wildman–Crippen LogP) is 3.89. The van der Waals surface area contributed by atoms with Crippen molar-refractivity contribution in [2.45, 2.75) is 26.4 Å². The number of hydrogen-bond acceptors (Lipinski definition) is 7. The number of benzene rings is 1. The average molecular weight is 443 g/mol. The summed E-state index contributed by atoms with van der Waals surface area (Å²) >= 11 is 0. The minimum atomic E-state index is -0.121. The van der Waals surface area contributed by atoms with Crippen LogP contribution in [0.3, 0.4) is 0 Å². The van der Waals surface area contributed by atoms with Gasteiger partial charge in [-0.2, -0.15) is 0 Å². The highest BCUT2D eigenvalue weighted by atomic mass is 16.5. The van der Waals surface area contributed by atoms with E-state index in [2.05, 4.69) is 30.6 Å². The molecule has 8 nitrogen and oxygen atoms in total. The Morgan fingerprint density at radius 1 is 1.06 bits per heavy atom. The molecule has 0 saturated carbocycles. The first-order valence-corrected chi connectivity index (χ1v) is 10.8. The molecule has 3 aromatic heterocycles. The van der Waals surface area contributed by atoms with Crippen molar-refractivity contribution in [2.75, 3.05) is 18.9 Å². The lowest BCUT2D eigenvalue weighted by molar-refractivity contribution is 0.0964. The number of carbonyl (C=O) groups excluding carboxylic acids is 1. The third-order valence-corrected chi connectivity index (χ3v) is 5.08. The molecule has 4 rings (SSSR count). The number of nitrogens with one attached hydrogen (secondary N) is 2. The third kappa shape index (κ3) is 5.23. The van der Waals surface area contributed by atoms with Gasteiger partial charge in [-0.3, -0.25) is 9.78 Å². The fraction of sp³-hybridized carbons (Fsp3) is 0.240. The van der Waals surface area contributed by atoms with Gasteiger partial charge in [0.25, 0.3) is 5.91 Å². The Morgan fingerprint density at radius 2 is 1.94 bits per heavy atom. The minimum absolute atomic E-state index is 0.0746. The smallest absolute Gasteiger partial charge is 0.251 e. The van der Waals surface area contributed by atoms with Crippen LogP contribution in [-0.4, -0.2) is 45.5 Å². The van der Waals surface area contributed by atoms with E-state index in [9.17, 15) is 4.79 Å². The number of rotatable bonds is 8. The van der Waals surface area contributed by atoms with Gasteiger partial charge in [-0.1, -0.05) is 18.2 Å². The summed E-state index contributed by atoms with van der Waals surface area (Å²) in [5.74, 6) is 1.19. The molecule has 2 N–H and O–H groups in total. The summed E-state index contributed by atoms with van der Waals surface area (Å²) in [4.78, 5) is 29.7. The van der Waals surface area contributed by atoms with Crippen molar-refractivity contribution < 1.29 is 9.53 Å². The second kappa shape index (κ2) is 10.0. The number of ether oxygens (including phenoxy) is 1. The van der Waals surface area contributed by atoms with Crippen molar-refractivity contribution in [3.8, 4) is 17.1 Å². The van der Waals surface area contributed by atoms with E-state index in [0.717, 1.165) is 40.0 Å². The molecule has 0 atom stereocenters. The Morgan fingerprint density at radius 3 is 2.70 bits per heavy atom. The largest absolute Gasteiger partial charge is 0.475 e. The molecule has 0 fully saturated rings. The van der Waals surface area contributed by atoms with Crippen LogP contribution < -0.4 is 15.4 Å². The summed E-state index contributed by atoms with van der Waals surface area (Å²) in [5.41, 5.74) is 4.18. The van der Waals surface area contributed by atoms with Crippen molar-refractivity contribution in [2.24, 2.45) is 0 Å². The molecule has 0 radical (unpaired) electrons. The molecular formula is C25H26N6O2. The number of fused-ring (bicyclic) bond motifs is 1. The molecule has 0 aliphatic heterocycles. The highest BCUT2D eigenvalue weighted by molar-refractivity contribution is 6.06. The van der Waals surface area contributed by atoms with Gasteiger partial charge in [0, 0.05) is 49.1 Å². The summed E-state index contributed by atoms with van der Waals surface area (Å²) in [5, 5.41) is 6.88. The molecule has 1 aromatic carbocycles. The SMILES string of the molecule is CNC(=O)c1ccnc2c(CCNc3cc(-c4ccc(OC(C)C)nc4)ncn3)cccc12. The van der Waals surface area contributed by atoms with Gasteiger partial charge in [0.2, 0.25) is 5.88 Å². The van der Waals surface area contributed by atoms with E-state index in [0.29, 0.717) is 18.0 Å². The van der Waals surface area contributed by atoms with E-state index < -0.39 is 0 Å². The van der Waals surface area contributed by atoms with Crippen molar-refractivity contribution in [1.29, 1.82) is 0 Å². The van der Waals surface area contributed by atoms with Gasteiger partial charge >= 0.3 is 0 Å². The Hall–Kier alpha value is -4.07. The van der Waals surface area contributed by atoms with Gasteiger partial charge in [0.15, 0.2) is 0 Å². The van der Waals surface area contributed by atoms with Gasteiger partial charge in [-0.05, 0) is 38.0 Å². The van der Waals surface area contributed by atoms with Crippen LogP contribution in [0, 0.1) is 0 Å². The quantitative estimate of drug-likeness (QED) is 0.427. The van der Waals surface area contributed by atoms with E-state index in [-0.39, 0.29) is 12.0 Å².